The van der Waals surface area contributed by atoms with Crippen molar-refractivity contribution in [3.8, 4) is 0 Å². The van der Waals surface area contributed by atoms with Crippen molar-refractivity contribution in [2.45, 2.75) is 40.2 Å². The Morgan fingerprint density at radius 3 is 2.60 bits per heavy atom. The Labute approximate surface area is 93.2 Å². The lowest BCUT2D eigenvalue weighted by Crippen LogP contribution is -2.43. The van der Waals surface area contributed by atoms with Crippen molar-refractivity contribution in [2.24, 2.45) is 10.8 Å². The van der Waals surface area contributed by atoms with Gasteiger partial charge in [-0.25, -0.2) is 0 Å². The zero-order valence-corrected chi connectivity index (χ0v) is 10.2. The van der Waals surface area contributed by atoms with Crippen molar-refractivity contribution in [1.29, 1.82) is 0 Å². The number of hydrogen-bond acceptors (Lipinski definition) is 1. The summed E-state index contributed by atoms with van der Waals surface area (Å²) in [5.74, 6) is 0. The van der Waals surface area contributed by atoms with Crippen LogP contribution in [0.5, 0.6) is 0 Å². The maximum atomic E-state index is 10.4. The van der Waals surface area contributed by atoms with Crippen molar-refractivity contribution >= 4 is 0 Å². The molecule has 0 spiro atoms. The fourth-order valence-corrected chi connectivity index (χ4v) is 1.95. The van der Waals surface area contributed by atoms with E-state index in [1.165, 1.54) is 0 Å². The molecule has 1 aliphatic carbocycles. The number of aliphatic hydroxyl groups is 1. The Kier molecular flexibility index (Phi) is 3.25. The van der Waals surface area contributed by atoms with E-state index in [2.05, 4.69) is 46.4 Å². The zero-order chi connectivity index (χ0) is 11.7. The van der Waals surface area contributed by atoms with Crippen LogP contribution in [0.1, 0.15) is 34.1 Å². The summed E-state index contributed by atoms with van der Waals surface area (Å²) in [5, 5.41) is 10.4. The van der Waals surface area contributed by atoms with E-state index >= 15 is 0 Å². The molecule has 0 aromatic carbocycles. The van der Waals surface area contributed by atoms with Gasteiger partial charge >= 0.3 is 0 Å². The maximum Gasteiger partial charge on any atom is 0.0849 e. The van der Waals surface area contributed by atoms with Crippen LogP contribution < -0.4 is 0 Å². The molecular formula is C14H22O. The van der Waals surface area contributed by atoms with Crippen molar-refractivity contribution < 1.29 is 5.11 Å². The molecule has 0 heterocycles. The second kappa shape index (κ2) is 3.97. The van der Waals surface area contributed by atoms with Crippen LogP contribution in [0.3, 0.4) is 0 Å². The Morgan fingerprint density at radius 1 is 1.53 bits per heavy atom. The minimum absolute atomic E-state index is 0.0452. The predicted octanol–water partition coefficient (Wildman–Crippen LogP) is 3.47. The summed E-state index contributed by atoms with van der Waals surface area (Å²) in [7, 11) is 0. The average molecular weight is 206 g/mol. The van der Waals surface area contributed by atoms with Crippen LogP contribution in [0.15, 0.2) is 36.5 Å². The molecular weight excluding hydrogens is 184 g/mol. The van der Waals surface area contributed by atoms with E-state index in [9.17, 15) is 5.11 Å². The quantitative estimate of drug-likeness (QED) is 0.686. The molecule has 1 rings (SSSR count). The Morgan fingerprint density at radius 2 is 2.13 bits per heavy atom. The smallest absolute Gasteiger partial charge is 0.0849 e. The third-order valence-electron chi connectivity index (χ3n) is 3.67. The minimum Gasteiger partial charge on any atom is -0.388 e. The van der Waals surface area contributed by atoms with Crippen molar-refractivity contribution in [3.05, 3.63) is 36.5 Å². The molecule has 0 bridgehead atoms. The van der Waals surface area contributed by atoms with E-state index < -0.39 is 6.10 Å². The van der Waals surface area contributed by atoms with Crippen molar-refractivity contribution in [1.82, 2.24) is 0 Å². The van der Waals surface area contributed by atoms with Crippen LogP contribution in [-0.2, 0) is 0 Å². The van der Waals surface area contributed by atoms with E-state index in [1.54, 1.807) is 0 Å². The van der Waals surface area contributed by atoms with Crippen LogP contribution in [0.2, 0.25) is 0 Å². The second-order valence-corrected chi connectivity index (χ2v) is 5.53. The fraction of sp³-hybridized carbons (Fsp3) is 0.571. The number of hydrogen-bond donors (Lipinski definition) is 1. The second-order valence-electron chi connectivity index (χ2n) is 5.53. The molecule has 2 atom stereocenters. The van der Waals surface area contributed by atoms with Gasteiger partial charge in [0.2, 0.25) is 0 Å². The molecule has 0 radical (unpaired) electrons. The van der Waals surface area contributed by atoms with Gasteiger partial charge < -0.3 is 5.11 Å². The molecule has 1 nitrogen and oxygen atoms in total. The van der Waals surface area contributed by atoms with Crippen LogP contribution in [0.25, 0.3) is 0 Å². The van der Waals surface area contributed by atoms with E-state index in [-0.39, 0.29) is 10.8 Å². The highest BCUT2D eigenvalue weighted by Crippen LogP contribution is 2.46. The van der Waals surface area contributed by atoms with Crippen LogP contribution in [-0.4, -0.2) is 11.2 Å². The highest BCUT2D eigenvalue weighted by Gasteiger charge is 2.43. The molecule has 0 saturated carbocycles. The summed E-state index contributed by atoms with van der Waals surface area (Å²) < 4.78 is 0. The Bertz CT molecular complexity index is 304. The molecule has 2 unspecified atom stereocenters. The topological polar surface area (TPSA) is 20.2 Å². The summed E-state index contributed by atoms with van der Waals surface area (Å²) in [4.78, 5) is 0. The minimum atomic E-state index is -0.402. The highest BCUT2D eigenvalue weighted by molar-refractivity contribution is 5.31. The molecule has 15 heavy (non-hydrogen) atoms. The Balaban J connectivity index is 3.03. The summed E-state index contributed by atoms with van der Waals surface area (Å²) >= 11 is 0. The molecule has 1 N–H and O–H groups in total. The molecule has 0 saturated heterocycles. The van der Waals surface area contributed by atoms with Gasteiger partial charge in [-0.05, 0) is 17.4 Å². The monoisotopic (exact) mass is 206 g/mol. The molecule has 1 aliphatic rings. The molecule has 1 heteroatoms. The van der Waals surface area contributed by atoms with E-state index in [0.29, 0.717) is 0 Å². The van der Waals surface area contributed by atoms with Gasteiger partial charge in [0.1, 0.15) is 0 Å². The van der Waals surface area contributed by atoms with Gasteiger partial charge in [0.25, 0.3) is 0 Å². The zero-order valence-electron chi connectivity index (χ0n) is 10.2. The third-order valence-corrected chi connectivity index (χ3v) is 3.67. The fourth-order valence-electron chi connectivity index (χ4n) is 1.95. The molecule has 0 fully saturated rings. The first-order chi connectivity index (χ1) is 6.83. The van der Waals surface area contributed by atoms with Crippen LogP contribution >= 0.6 is 0 Å². The molecule has 84 valence electrons. The van der Waals surface area contributed by atoms with Crippen molar-refractivity contribution in [2.75, 3.05) is 0 Å². The average Bonchev–Trinajstić information content (AvgIpc) is 2.11. The summed E-state index contributed by atoms with van der Waals surface area (Å²) in [5.41, 5.74) is 0.911. The van der Waals surface area contributed by atoms with Crippen LogP contribution in [0.4, 0.5) is 0 Å². The molecule has 0 aromatic heterocycles. The van der Waals surface area contributed by atoms with Gasteiger partial charge in [-0.2, -0.15) is 0 Å². The number of aliphatic hydroxyl groups excluding tert-OH is 1. The number of rotatable bonds is 2. The van der Waals surface area contributed by atoms with E-state index in [0.717, 1.165) is 12.0 Å². The van der Waals surface area contributed by atoms with Gasteiger partial charge in [0, 0.05) is 5.41 Å². The summed E-state index contributed by atoms with van der Waals surface area (Å²) in [6, 6.07) is 0. The van der Waals surface area contributed by atoms with Crippen molar-refractivity contribution in [3.63, 3.8) is 0 Å². The van der Waals surface area contributed by atoms with E-state index in [4.69, 9.17) is 0 Å². The molecule has 0 amide bonds. The third kappa shape index (κ3) is 2.07. The normalized spacial score (nSPS) is 31.3. The highest BCUT2D eigenvalue weighted by atomic mass is 16.3. The van der Waals surface area contributed by atoms with Crippen LogP contribution in [0, 0.1) is 10.8 Å². The SMILES string of the molecule is C=CCC1=CC=CC(C)(C(C)(C)C)C1O. The Hall–Kier alpha value is -0.820. The van der Waals surface area contributed by atoms with Gasteiger partial charge in [-0.3, -0.25) is 0 Å². The molecule has 0 aliphatic heterocycles. The largest absolute Gasteiger partial charge is 0.388 e. The van der Waals surface area contributed by atoms with Gasteiger partial charge in [0.15, 0.2) is 0 Å². The van der Waals surface area contributed by atoms with E-state index in [1.807, 2.05) is 12.2 Å². The van der Waals surface area contributed by atoms with Gasteiger partial charge in [-0.15, -0.1) is 6.58 Å². The maximum absolute atomic E-state index is 10.4. The lowest BCUT2D eigenvalue weighted by atomic mass is 9.61. The first-order valence-corrected chi connectivity index (χ1v) is 5.50. The number of allylic oxidation sites excluding steroid dienone is 3. The first-order valence-electron chi connectivity index (χ1n) is 5.50. The lowest BCUT2D eigenvalue weighted by molar-refractivity contribution is 0.0165. The summed E-state index contributed by atoms with van der Waals surface area (Å²) in [6.45, 7) is 12.3. The van der Waals surface area contributed by atoms with Gasteiger partial charge in [-0.1, -0.05) is 52.0 Å². The predicted molar refractivity (Wildman–Crippen MR) is 65.6 cm³/mol. The molecule has 0 aromatic rings. The van der Waals surface area contributed by atoms with Gasteiger partial charge in [0.05, 0.1) is 6.10 Å². The summed E-state index contributed by atoms with van der Waals surface area (Å²) in [6.07, 6.45) is 8.37. The standard InChI is InChI=1S/C14H22O/c1-6-8-11-9-7-10-14(5,12(11)15)13(2,3)4/h6-7,9-10,12,15H,1,8H2,2-5H3. The lowest BCUT2D eigenvalue weighted by Gasteiger charge is -2.45. The first kappa shape index (κ1) is 12.3.